The second-order valence-electron chi connectivity index (χ2n) is 15.5. The second-order valence-corrected chi connectivity index (χ2v) is 15.5. The Morgan fingerprint density at radius 3 is 1.60 bits per heavy atom. The van der Waals surface area contributed by atoms with E-state index in [1.54, 1.807) is 0 Å². The summed E-state index contributed by atoms with van der Waals surface area (Å²) in [6, 6.07) is 0. The molecular weight excluding hydrogens is 725 g/mol. The largest absolute Gasteiger partial charge is 0.462 e. The van der Waals surface area contributed by atoms with E-state index in [0.29, 0.717) is 19.3 Å². The lowest BCUT2D eigenvalue weighted by Gasteiger charge is -2.39. The van der Waals surface area contributed by atoms with E-state index in [0.717, 1.165) is 38.5 Å². The van der Waals surface area contributed by atoms with E-state index in [1.807, 2.05) is 6.08 Å². The Morgan fingerprint density at radius 1 is 0.544 bits per heavy atom. The molecule has 1 saturated heterocycles. The molecule has 10 nitrogen and oxygen atoms in total. The molecule has 57 heavy (non-hydrogen) atoms. The zero-order valence-corrected chi connectivity index (χ0v) is 35.8. The van der Waals surface area contributed by atoms with Crippen molar-refractivity contribution in [2.24, 2.45) is 0 Å². The van der Waals surface area contributed by atoms with Crippen molar-refractivity contribution in [1.82, 2.24) is 0 Å². The summed E-state index contributed by atoms with van der Waals surface area (Å²) in [6.45, 7) is 3.33. The molecule has 0 radical (unpaired) electrons. The standard InChI is InChI=1S/C47H82O10/c1-3-5-7-9-11-13-15-17-19-20-22-24-26-28-30-32-34-36-43(50)56-40(39-55-47-46(53)45(52)44(51)41(37-48)57-47)38-54-42(49)35-33-31-29-27-25-23-21-18-16-14-12-10-8-6-4-2/h10,12,17,19,22,24,28,30,40-41,44-48,51-53H,3-9,11,13-16,18,20-21,23,25-27,29,31-39H2,1-2H3/b12-10+,19-17+,24-22+,30-28+/t40-,41-,44+,45?,46?,47-/m1/s1. The van der Waals surface area contributed by atoms with Crippen LogP contribution in [0.3, 0.4) is 0 Å². The Hall–Kier alpha value is -2.34. The number of allylic oxidation sites excluding steroid dienone is 8. The van der Waals surface area contributed by atoms with Crippen LogP contribution in [0.5, 0.6) is 0 Å². The molecule has 0 aromatic rings. The predicted octanol–water partition coefficient (Wildman–Crippen LogP) is 9.67. The van der Waals surface area contributed by atoms with E-state index in [1.165, 1.54) is 96.3 Å². The fourth-order valence-electron chi connectivity index (χ4n) is 6.54. The van der Waals surface area contributed by atoms with Gasteiger partial charge in [-0.25, -0.2) is 0 Å². The number of aliphatic hydroxyl groups is 4. The molecule has 1 heterocycles. The van der Waals surface area contributed by atoms with Gasteiger partial charge in [-0.3, -0.25) is 9.59 Å². The Morgan fingerprint density at radius 2 is 1.02 bits per heavy atom. The van der Waals surface area contributed by atoms with Crippen LogP contribution in [0.2, 0.25) is 0 Å². The number of hydrogen-bond acceptors (Lipinski definition) is 10. The van der Waals surface area contributed by atoms with Crippen LogP contribution >= 0.6 is 0 Å². The van der Waals surface area contributed by atoms with Crippen molar-refractivity contribution in [2.75, 3.05) is 19.8 Å². The Kier molecular flexibility index (Phi) is 35.0. The number of unbranched alkanes of at least 4 members (excludes halogenated alkanes) is 18. The molecule has 1 aliphatic heterocycles. The molecule has 0 bridgehead atoms. The van der Waals surface area contributed by atoms with Gasteiger partial charge in [0.25, 0.3) is 0 Å². The van der Waals surface area contributed by atoms with Gasteiger partial charge < -0.3 is 39.4 Å². The molecule has 0 aromatic heterocycles. The van der Waals surface area contributed by atoms with E-state index in [2.05, 4.69) is 56.4 Å². The monoisotopic (exact) mass is 807 g/mol. The molecule has 0 aliphatic carbocycles. The second kappa shape index (κ2) is 37.9. The highest BCUT2D eigenvalue weighted by molar-refractivity contribution is 5.70. The smallest absolute Gasteiger partial charge is 0.306 e. The molecule has 330 valence electrons. The number of hydrogen-bond donors (Lipinski definition) is 4. The van der Waals surface area contributed by atoms with Gasteiger partial charge in [0, 0.05) is 12.8 Å². The topological polar surface area (TPSA) is 152 Å². The quantitative estimate of drug-likeness (QED) is 0.0271. The fourth-order valence-corrected chi connectivity index (χ4v) is 6.54. The van der Waals surface area contributed by atoms with Crippen LogP contribution in [0, 0.1) is 0 Å². The highest BCUT2D eigenvalue weighted by Crippen LogP contribution is 2.22. The van der Waals surface area contributed by atoms with Gasteiger partial charge in [-0.05, 0) is 64.2 Å². The number of aliphatic hydroxyl groups excluding tert-OH is 4. The van der Waals surface area contributed by atoms with E-state index in [-0.39, 0.29) is 26.1 Å². The fraction of sp³-hybridized carbons (Fsp3) is 0.787. The van der Waals surface area contributed by atoms with Gasteiger partial charge in [0.05, 0.1) is 13.2 Å². The molecule has 0 saturated carbocycles. The van der Waals surface area contributed by atoms with Crippen LogP contribution in [0.4, 0.5) is 0 Å². The Balaban J connectivity index is 2.37. The van der Waals surface area contributed by atoms with Crippen LogP contribution in [-0.2, 0) is 28.5 Å². The van der Waals surface area contributed by atoms with Crippen LogP contribution in [0.25, 0.3) is 0 Å². The number of esters is 2. The van der Waals surface area contributed by atoms with Crippen molar-refractivity contribution >= 4 is 11.9 Å². The van der Waals surface area contributed by atoms with Gasteiger partial charge in [-0.1, -0.05) is 152 Å². The summed E-state index contributed by atoms with van der Waals surface area (Å²) in [5, 5.41) is 40.1. The van der Waals surface area contributed by atoms with Crippen molar-refractivity contribution < 1.29 is 49.0 Å². The van der Waals surface area contributed by atoms with Crippen LogP contribution in [0.15, 0.2) is 48.6 Å². The highest BCUT2D eigenvalue weighted by Gasteiger charge is 2.44. The van der Waals surface area contributed by atoms with Crippen molar-refractivity contribution in [2.45, 2.75) is 218 Å². The molecule has 0 spiro atoms. The van der Waals surface area contributed by atoms with E-state index < -0.39 is 55.4 Å². The Labute approximate surface area is 346 Å². The maximum Gasteiger partial charge on any atom is 0.306 e. The zero-order chi connectivity index (χ0) is 41.6. The Bertz CT molecular complexity index is 1070. The molecule has 0 amide bonds. The van der Waals surface area contributed by atoms with Gasteiger partial charge in [0.1, 0.15) is 31.0 Å². The van der Waals surface area contributed by atoms with Gasteiger partial charge in [0.2, 0.25) is 0 Å². The summed E-state index contributed by atoms with van der Waals surface area (Å²) in [6.07, 6.45) is 36.9. The summed E-state index contributed by atoms with van der Waals surface area (Å²) in [5.41, 5.74) is 0. The zero-order valence-electron chi connectivity index (χ0n) is 35.8. The number of ether oxygens (including phenoxy) is 4. The minimum Gasteiger partial charge on any atom is -0.462 e. The average Bonchev–Trinajstić information content (AvgIpc) is 3.21. The van der Waals surface area contributed by atoms with E-state index in [4.69, 9.17) is 18.9 Å². The number of rotatable bonds is 37. The van der Waals surface area contributed by atoms with Gasteiger partial charge in [0.15, 0.2) is 12.4 Å². The normalized spacial score (nSPS) is 20.7. The van der Waals surface area contributed by atoms with Gasteiger partial charge >= 0.3 is 11.9 Å². The van der Waals surface area contributed by atoms with Crippen molar-refractivity contribution in [1.29, 1.82) is 0 Å². The average molecular weight is 807 g/mol. The molecule has 6 atom stereocenters. The SMILES string of the molecule is CCCC/C=C/CCCCCCCCCCCC(=O)OC[C@H](CO[C@@H]1O[C@H](CO)[C@H](O)C(O)C1O)OC(=O)CCC/C=C/C/C=C/C/C=C/CCCCCCCC. The van der Waals surface area contributed by atoms with Crippen LogP contribution < -0.4 is 0 Å². The maximum atomic E-state index is 12.7. The third-order valence-corrected chi connectivity index (χ3v) is 10.2. The summed E-state index contributed by atoms with van der Waals surface area (Å²) >= 11 is 0. The lowest BCUT2D eigenvalue weighted by Crippen LogP contribution is -2.59. The molecule has 2 unspecified atom stereocenters. The minimum atomic E-state index is -1.60. The molecule has 10 heteroatoms. The van der Waals surface area contributed by atoms with Crippen molar-refractivity contribution in [3.05, 3.63) is 48.6 Å². The van der Waals surface area contributed by atoms with Crippen LogP contribution in [0.1, 0.15) is 181 Å². The summed E-state index contributed by atoms with van der Waals surface area (Å²) in [4.78, 5) is 25.3. The molecule has 0 aromatic carbocycles. The predicted molar refractivity (Wildman–Crippen MR) is 229 cm³/mol. The van der Waals surface area contributed by atoms with Crippen molar-refractivity contribution in [3.8, 4) is 0 Å². The van der Waals surface area contributed by atoms with Crippen molar-refractivity contribution in [3.63, 3.8) is 0 Å². The van der Waals surface area contributed by atoms with Crippen LogP contribution in [-0.4, -0.2) is 89.0 Å². The first-order valence-corrected chi connectivity index (χ1v) is 22.7. The third kappa shape index (κ3) is 29.5. The van der Waals surface area contributed by atoms with Gasteiger partial charge in [-0.15, -0.1) is 0 Å². The first kappa shape index (κ1) is 52.7. The van der Waals surface area contributed by atoms with Gasteiger partial charge in [-0.2, -0.15) is 0 Å². The highest BCUT2D eigenvalue weighted by atomic mass is 16.7. The number of carbonyl (C=O) groups excluding carboxylic acids is 2. The van der Waals surface area contributed by atoms with E-state index in [9.17, 15) is 30.0 Å². The summed E-state index contributed by atoms with van der Waals surface area (Å²) in [5.74, 6) is -0.871. The summed E-state index contributed by atoms with van der Waals surface area (Å²) < 4.78 is 22.1. The molecule has 1 aliphatic rings. The maximum absolute atomic E-state index is 12.7. The first-order valence-electron chi connectivity index (χ1n) is 22.7. The minimum absolute atomic E-state index is 0.157. The first-order chi connectivity index (χ1) is 27.8. The molecule has 1 fully saturated rings. The molecule has 1 rings (SSSR count). The van der Waals surface area contributed by atoms with E-state index >= 15 is 0 Å². The lowest BCUT2D eigenvalue weighted by atomic mass is 9.99. The lowest BCUT2D eigenvalue weighted by molar-refractivity contribution is -0.305. The third-order valence-electron chi connectivity index (χ3n) is 10.2. The summed E-state index contributed by atoms with van der Waals surface area (Å²) in [7, 11) is 0. The molecule has 4 N–H and O–H groups in total. The molecular formula is C47H82O10. The number of carbonyl (C=O) groups is 2.